The van der Waals surface area contributed by atoms with Crippen molar-refractivity contribution in [1.29, 1.82) is 0 Å². The molecule has 2 bridgehead atoms. The molecule has 1 aromatic carbocycles. The number of nitrogens with one attached hydrogen (secondary N) is 1. The molecule has 2 aliphatic heterocycles. The van der Waals surface area contributed by atoms with E-state index in [9.17, 15) is 26.7 Å². The van der Waals surface area contributed by atoms with E-state index in [-0.39, 0.29) is 37.6 Å². The third-order valence-electron chi connectivity index (χ3n) is 6.38. The molecular formula is C23H25F5N4O4S. The van der Waals surface area contributed by atoms with Gasteiger partial charge >= 0.3 is 12.3 Å². The van der Waals surface area contributed by atoms with Crippen LogP contribution in [0.25, 0.3) is 0 Å². The number of aromatic nitrogens is 2. The standard InChI is InChI=1S/C23H25F5N4O4S/c1-12-19(31-18-4-3-16(37)7-17(18)25)29-11-30-20(12)35-15-5-13-8-34-9-14(6-15)32(13)21(33)36-22(2,10-24)23(26,27)28/h3-4,7,11,13-15,37H,5-6,8-10H2,1-2H3,(H,29,30,31). The maximum absolute atomic E-state index is 14.2. The number of anilines is 2. The number of hydrogen-bond acceptors (Lipinski definition) is 8. The average Bonchev–Trinajstić information content (AvgIpc) is 2.81. The van der Waals surface area contributed by atoms with Gasteiger partial charge in [-0.3, -0.25) is 4.90 Å². The van der Waals surface area contributed by atoms with Gasteiger partial charge < -0.3 is 19.5 Å². The van der Waals surface area contributed by atoms with Crippen LogP contribution in [-0.2, 0) is 9.47 Å². The summed E-state index contributed by atoms with van der Waals surface area (Å²) in [5, 5.41) is 2.89. The fourth-order valence-electron chi connectivity index (χ4n) is 4.24. The van der Waals surface area contributed by atoms with Crippen LogP contribution in [0.3, 0.4) is 0 Å². The zero-order valence-electron chi connectivity index (χ0n) is 19.9. The second-order valence-electron chi connectivity index (χ2n) is 9.14. The Morgan fingerprint density at radius 3 is 2.51 bits per heavy atom. The monoisotopic (exact) mass is 548 g/mol. The molecule has 2 saturated heterocycles. The number of carbonyl (C=O) groups excluding carboxylic acids is 1. The number of fused-ring (bicyclic) bond motifs is 2. The quantitative estimate of drug-likeness (QED) is 0.389. The average molecular weight is 549 g/mol. The van der Waals surface area contributed by atoms with Crippen LogP contribution in [0.15, 0.2) is 29.4 Å². The number of piperidine rings is 1. The summed E-state index contributed by atoms with van der Waals surface area (Å²) in [4.78, 5) is 22.6. The molecule has 1 aromatic heterocycles. The number of nitrogens with zero attached hydrogens (tertiary/aromatic N) is 3. The molecule has 1 N–H and O–H groups in total. The number of halogens is 5. The number of morpholine rings is 1. The Hall–Kier alpha value is -2.87. The molecule has 0 aliphatic carbocycles. The Balaban J connectivity index is 1.46. The predicted octanol–water partition coefficient (Wildman–Crippen LogP) is 4.99. The minimum absolute atomic E-state index is 0.0554. The maximum atomic E-state index is 14.2. The molecule has 1 amide bonds. The largest absolute Gasteiger partial charge is 0.474 e. The van der Waals surface area contributed by atoms with Crippen molar-refractivity contribution in [1.82, 2.24) is 14.9 Å². The van der Waals surface area contributed by atoms with Crippen molar-refractivity contribution in [3.63, 3.8) is 0 Å². The summed E-state index contributed by atoms with van der Waals surface area (Å²) in [6.45, 7) is 0.391. The zero-order chi connectivity index (χ0) is 27.0. The number of hydrogen-bond donors (Lipinski definition) is 2. The lowest BCUT2D eigenvalue weighted by atomic mass is 9.92. The van der Waals surface area contributed by atoms with Crippen LogP contribution in [0.1, 0.15) is 25.3 Å². The molecule has 0 saturated carbocycles. The Kier molecular flexibility index (Phi) is 7.70. The zero-order valence-corrected chi connectivity index (χ0v) is 20.8. The molecule has 2 aromatic rings. The normalized spacial score (nSPS) is 23.2. The molecule has 37 heavy (non-hydrogen) atoms. The summed E-state index contributed by atoms with van der Waals surface area (Å²) in [6, 6.07) is 3.10. The minimum Gasteiger partial charge on any atom is -0.474 e. The van der Waals surface area contributed by atoms with E-state index in [1.807, 2.05) is 0 Å². The molecule has 4 rings (SSSR count). The smallest absolute Gasteiger partial charge is 0.430 e. The second kappa shape index (κ2) is 10.5. The second-order valence-corrected chi connectivity index (χ2v) is 9.65. The topological polar surface area (TPSA) is 85.8 Å². The van der Waals surface area contributed by atoms with Gasteiger partial charge in [0.1, 0.15) is 30.7 Å². The van der Waals surface area contributed by atoms with Crippen LogP contribution in [0, 0.1) is 12.7 Å². The summed E-state index contributed by atoms with van der Waals surface area (Å²) in [6.07, 6.45) is -5.10. The number of benzene rings is 1. The molecule has 2 fully saturated rings. The van der Waals surface area contributed by atoms with Gasteiger partial charge in [-0.2, -0.15) is 13.2 Å². The number of rotatable bonds is 6. The summed E-state index contributed by atoms with van der Waals surface area (Å²) in [5.41, 5.74) is -2.56. The molecule has 202 valence electrons. The van der Waals surface area contributed by atoms with Crippen molar-refractivity contribution < 1.29 is 41.0 Å². The van der Waals surface area contributed by atoms with Gasteiger partial charge in [0.15, 0.2) is 0 Å². The van der Waals surface area contributed by atoms with Crippen LogP contribution in [0.5, 0.6) is 5.88 Å². The first-order chi connectivity index (χ1) is 17.4. The third kappa shape index (κ3) is 5.69. The molecule has 14 heteroatoms. The lowest BCUT2D eigenvalue weighted by molar-refractivity contribution is -0.260. The summed E-state index contributed by atoms with van der Waals surface area (Å²) in [5.74, 6) is 0.0262. The third-order valence-corrected chi connectivity index (χ3v) is 6.66. The fourth-order valence-corrected chi connectivity index (χ4v) is 4.42. The van der Waals surface area contributed by atoms with Crippen LogP contribution < -0.4 is 10.1 Å². The molecule has 3 heterocycles. The van der Waals surface area contributed by atoms with Gasteiger partial charge in [-0.15, -0.1) is 12.6 Å². The molecule has 8 nitrogen and oxygen atoms in total. The summed E-state index contributed by atoms with van der Waals surface area (Å²) < 4.78 is 83.4. The van der Waals surface area contributed by atoms with E-state index >= 15 is 0 Å². The van der Waals surface area contributed by atoms with Crippen molar-refractivity contribution in [2.75, 3.05) is 25.2 Å². The van der Waals surface area contributed by atoms with E-state index in [1.54, 1.807) is 13.0 Å². The van der Waals surface area contributed by atoms with Gasteiger partial charge in [0.2, 0.25) is 11.5 Å². The Morgan fingerprint density at radius 1 is 1.24 bits per heavy atom. The highest BCUT2D eigenvalue weighted by molar-refractivity contribution is 7.80. The first kappa shape index (κ1) is 27.2. The molecule has 0 radical (unpaired) electrons. The lowest BCUT2D eigenvalue weighted by Crippen LogP contribution is -2.62. The Morgan fingerprint density at radius 2 is 1.92 bits per heavy atom. The van der Waals surface area contributed by atoms with E-state index in [1.165, 1.54) is 23.4 Å². The maximum Gasteiger partial charge on any atom is 0.430 e. The summed E-state index contributed by atoms with van der Waals surface area (Å²) in [7, 11) is 0. The number of thiol groups is 1. The SMILES string of the molecule is Cc1c(Nc2ccc(S)cc2F)ncnc1OC1CC2COCC(C1)N2C(=O)OC(C)(CF)C(F)(F)F. The van der Waals surface area contributed by atoms with Crippen molar-refractivity contribution in [3.05, 3.63) is 35.9 Å². The highest BCUT2D eigenvalue weighted by Crippen LogP contribution is 2.37. The number of carbonyl (C=O) groups is 1. The minimum atomic E-state index is -5.07. The molecule has 3 atom stereocenters. The predicted molar refractivity (Wildman–Crippen MR) is 125 cm³/mol. The summed E-state index contributed by atoms with van der Waals surface area (Å²) >= 11 is 4.10. The molecule has 0 spiro atoms. The van der Waals surface area contributed by atoms with Crippen molar-refractivity contribution >= 4 is 30.2 Å². The Labute approximate surface area is 214 Å². The van der Waals surface area contributed by atoms with Gasteiger partial charge in [0, 0.05) is 17.7 Å². The van der Waals surface area contributed by atoms with E-state index in [0.717, 1.165) is 0 Å². The van der Waals surface area contributed by atoms with Gasteiger partial charge in [-0.25, -0.2) is 23.5 Å². The molecule has 2 aliphatic rings. The number of alkyl halides is 4. The first-order valence-corrected chi connectivity index (χ1v) is 11.8. The number of amides is 1. The Bertz CT molecular complexity index is 1140. The highest BCUT2D eigenvalue weighted by Gasteiger charge is 2.56. The van der Waals surface area contributed by atoms with E-state index in [4.69, 9.17) is 9.47 Å². The molecule has 3 unspecified atom stereocenters. The van der Waals surface area contributed by atoms with Crippen molar-refractivity contribution in [2.45, 2.75) is 61.5 Å². The highest BCUT2D eigenvalue weighted by atomic mass is 32.1. The fraction of sp³-hybridized carbons (Fsp3) is 0.522. The van der Waals surface area contributed by atoms with Crippen molar-refractivity contribution in [2.24, 2.45) is 0 Å². The van der Waals surface area contributed by atoms with E-state index in [2.05, 4.69) is 32.7 Å². The van der Waals surface area contributed by atoms with E-state index < -0.39 is 48.6 Å². The first-order valence-electron chi connectivity index (χ1n) is 11.4. The van der Waals surface area contributed by atoms with Gasteiger partial charge in [0.05, 0.1) is 36.5 Å². The van der Waals surface area contributed by atoms with Crippen LogP contribution in [-0.4, -0.2) is 70.8 Å². The van der Waals surface area contributed by atoms with Gasteiger partial charge in [-0.1, -0.05) is 0 Å². The van der Waals surface area contributed by atoms with Crippen LogP contribution in [0.4, 0.5) is 38.3 Å². The molecular weight excluding hydrogens is 523 g/mol. The van der Waals surface area contributed by atoms with Gasteiger partial charge in [-0.05, 0) is 32.0 Å². The van der Waals surface area contributed by atoms with Gasteiger partial charge in [0.25, 0.3) is 0 Å². The van der Waals surface area contributed by atoms with Crippen molar-refractivity contribution in [3.8, 4) is 5.88 Å². The lowest BCUT2D eigenvalue weighted by Gasteiger charge is -2.48. The van der Waals surface area contributed by atoms with Crippen LogP contribution in [0.2, 0.25) is 0 Å². The number of ether oxygens (including phenoxy) is 3. The van der Waals surface area contributed by atoms with Crippen LogP contribution >= 0.6 is 12.6 Å². The van der Waals surface area contributed by atoms with E-state index in [0.29, 0.717) is 23.2 Å².